The van der Waals surface area contributed by atoms with Crippen LogP contribution in [0.25, 0.3) is 22.3 Å². The van der Waals surface area contributed by atoms with Gasteiger partial charge in [0.2, 0.25) is 0 Å². The number of halogens is 3. The van der Waals surface area contributed by atoms with E-state index in [1.807, 2.05) is 43.3 Å². The van der Waals surface area contributed by atoms with Crippen molar-refractivity contribution in [1.29, 1.82) is 0 Å². The van der Waals surface area contributed by atoms with Gasteiger partial charge in [-0.25, -0.2) is 9.97 Å². The summed E-state index contributed by atoms with van der Waals surface area (Å²) in [6.07, 6.45) is 0. The van der Waals surface area contributed by atoms with Crippen molar-refractivity contribution < 1.29 is 0 Å². The lowest BCUT2D eigenvalue weighted by molar-refractivity contribution is 1.22. The van der Waals surface area contributed by atoms with Crippen molar-refractivity contribution in [3.63, 3.8) is 0 Å². The molecule has 0 aliphatic rings. The maximum Gasteiger partial charge on any atom is 0.161 e. The van der Waals surface area contributed by atoms with Crippen LogP contribution in [0.1, 0.15) is 5.56 Å². The van der Waals surface area contributed by atoms with Gasteiger partial charge in [0.1, 0.15) is 5.15 Å². The van der Waals surface area contributed by atoms with E-state index in [2.05, 4.69) is 25.9 Å². The van der Waals surface area contributed by atoms with Gasteiger partial charge in [0, 0.05) is 20.4 Å². The number of para-hydroxylation sites is 1. The summed E-state index contributed by atoms with van der Waals surface area (Å²) in [6, 6.07) is 11.4. The first kappa shape index (κ1) is 13.8. The van der Waals surface area contributed by atoms with Crippen LogP contribution in [0.5, 0.6) is 0 Å². The fourth-order valence-corrected chi connectivity index (χ4v) is 2.80. The Kier molecular flexibility index (Phi) is 3.67. The lowest BCUT2D eigenvalue weighted by Gasteiger charge is -2.07. The van der Waals surface area contributed by atoms with Gasteiger partial charge in [-0.1, -0.05) is 29.3 Å². The summed E-state index contributed by atoms with van der Waals surface area (Å²) in [5.41, 5.74) is 2.68. The molecule has 1 aromatic heterocycles. The van der Waals surface area contributed by atoms with Crippen molar-refractivity contribution in [3.8, 4) is 11.4 Å². The molecule has 0 aliphatic carbocycles. The maximum atomic E-state index is 6.26. The SMILES string of the molecule is Cc1cc(-c2nc(Cl)c3cccc(Br)c3n2)ccc1Cl. The third kappa shape index (κ3) is 2.41. The minimum Gasteiger partial charge on any atom is -0.227 e. The topological polar surface area (TPSA) is 25.8 Å². The zero-order chi connectivity index (χ0) is 14.3. The second-order valence-electron chi connectivity index (χ2n) is 4.44. The first-order valence-corrected chi connectivity index (χ1v) is 7.49. The van der Waals surface area contributed by atoms with E-state index >= 15 is 0 Å². The molecule has 0 unspecified atom stereocenters. The molecule has 0 fully saturated rings. The van der Waals surface area contributed by atoms with Crippen molar-refractivity contribution in [2.24, 2.45) is 0 Å². The predicted octanol–water partition coefficient (Wildman–Crippen LogP) is 5.67. The molecule has 0 N–H and O–H groups in total. The van der Waals surface area contributed by atoms with Crippen LogP contribution in [-0.4, -0.2) is 9.97 Å². The molecule has 2 nitrogen and oxygen atoms in total. The van der Waals surface area contributed by atoms with E-state index < -0.39 is 0 Å². The first-order valence-electron chi connectivity index (χ1n) is 5.94. The van der Waals surface area contributed by atoms with Crippen molar-refractivity contribution in [1.82, 2.24) is 9.97 Å². The molecule has 0 aliphatic heterocycles. The van der Waals surface area contributed by atoms with Crippen LogP contribution in [0.15, 0.2) is 40.9 Å². The van der Waals surface area contributed by atoms with E-state index in [4.69, 9.17) is 23.2 Å². The zero-order valence-corrected chi connectivity index (χ0v) is 13.6. The summed E-state index contributed by atoms with van der Waals surface area (Å²) < 4.78 is 0.895. The summed E-state index contributed by atoms with van der Waals surface area (Å²) >= 11 is 15.8. The monoisotopic (exact) mass is 366 g/mol. The molecule has 0 atom stereocenters. The fourth-order valence-electron chi connectivity index (χ4n) is 1.99. The zero-order valence-electron chi connectivity index (χ0n) is 10.5. The van der Waals surface area contributed by atoms with Crippen LogP contribution < -0.4 is 0 Å². The van der Waals surface area contributed by atoms with Gasteiger partial charge in [-0.3, -0.25) is 0 Å². The van der Waals surface area contributed by atoms with Gasteiger partial charge < -0.3 is 0 Å². The Morgan fingerprint density at radius 2 is 1.85 bits per heavy atom. The van der Waals surface area contributed by atoms with Gasteiger partial charge in [0.25, 0.3) is 0 Å². The van der Waals surface area contributed by atoms with Gasteiger partial charge in [-0.15, -0.1) is 0 Å². The molecule has 1 heterocycles. The Morgan fingerprint density at radius 1 is 1.05 bits per heavy atom. The van der Waals surface area contributed by atoms with E-state index in [0.717, 1.165) is 31.5 Å². The molecule has 0 amide bonds. The second-order valence-corrected chi connectivity index (χ2v) is 6.06. The molecule has 100 valence electrons. The van der Waals surface area contributed by atoms with Crippen molar-refractivity contribution in [3.05, 3.63) is 56.6 Å². The Labute approximate surface area is 134 Å². The molecular weight excluding hydrogens is 359 g/mol. The number of hydrogen-bond donors (Lipinski definition) is 0. The van der Waals surface area contributed by atoms with E-state index in [0.29, 0.717) is 11.0 Å². The molecule has 3 rings (SSSR count). The predicted molar refractivity (Wildman–Crippen MR) is 87.4 cm³/mol. The van der Waals surface area contributed by atoms with E-state index in [1.54, 1.807) is 0 Å². The fraction of sp³-hybridized carbons (Fsp3) is 0.0667. The largest absolute Gasteiger partial charge is 0.227 e. The Morgan fingerprint density at radius 3 is 2.60 bits per heavy atom. The molecule has 0 spiro atoms. The highest BCUT2D eigenvalue weighted by molar-refractivity contribution is 9.10. The van der Waals surface area contributed by atoms with Crippen LogP contribution in [0.2, 0.25) is 10.2 Å². The molecule has 0 saturated heterocycles. The molecule has 3 aromatic rings. The van der Waals surface area contributed by atoms with Gasteiger partial charge in [-0.05, 0) is 58.7 Å². The number of aryl methyl sites for hydroxylation is 1. The highest BCUT2D eigenvalue weighted by Gasteiger charge is 2.10. The van der Waals surface area contributed by atoms with E-state index in [1.165, 1.54) is 0 Å². The van der Waals surface area contributed by atoms with Gasteiger partial charge in [-0.2, -0.15) is 0 Å². The van der Waals surface area contributed by atoms with Crippen LogP contribution in [0, 0.1) is 6.92 Å². The van der Waals surface area contributed by atoms with E-state index in [9.17, 15) is 0 Å². The number of fused-ring (bicyclic) bond motifs is 1. The quantitative estimate of drug-likeness (QED) is 0.517. The summed E-state index contributed by atoms with van der Waals surface area (Å²) in [5.74, 6) is 0.592. The van der Waals surface area contributed by atoms with Crippen LogP contribution in [0.3, 0.4) is 0 Å². The third-order valence-corrected chi connectivity index (χ3v) is 4.40. The van der Waals surface area contributed by atoms with Crippen molar-refractivity contribution in [2.75, 3.05) is 0 Å². The minimum atomic E-state index is 0.443. The van der Waals surface area contributed by atoms with E-state index in [-0.39, 0.29) is 0 Å². The number of nitrogens with zero attached hydrogens (tertiary/aromatic N) is 2. The lowest BCUT2D eigenvalue weighted by Crippen LogP contribution is -1.93. The number of aromatic nitrogens is 2. The molecular formula is C15H9BrCl2N2. The normalized spacial score (nSPS) is 11.0. The Hall–Kier alpha value is -1.16. The summed E-state index contributed by atoms with van der Waals surface area (Å²) in [4.78, 5) is 8.96. The number of hydrogen-bond acceptors (Lipinski definition) is 2. The third-order valence-electron chi connectivity index (χ3n) is 3.05. The van der Waals surface area contributed by atoms with Crippen LogP contribution in [-0.2, 0) is 0 Å². The van der Waals surface area contributed by atoms with Gasteiger partial charge in [0.05, 0.1) is 5.52 Å². The molecule has 0 saturated carbocycles. The summed E-state index contributed by atoms with van der Waals surface area (Å²) in [7, 11) is 0. The first-order chi connectivity index (χ1) is 9.56. The molecule has 2 aromatic carbocycles. The highest BCUT2D eigenvalue weighted by Crippen LogP contribution is 2.30. The Balaban J connectivity index is 2.26. The molecule has 5 heteroatoms. The summed E-state index contributed by atoms with van der Waals surface area (Å²) in [5, 5.41) is 2.00. The highest BCUT2D eigenvalue weighted by atomic mass is 79.9. The smallest absolute Gasteiger partial charge is 0.161 e. The minimum absolute atomic E-state index is 0.443. The molecule has 20 heavy (non-hydrogen) atoms. The van der Waals surface area contributed by atoms with Gasteiger partial charge in [0.15, 0.2) is 5.82 Å². The number of benzene rings is 2. The van der Waals surface area contributed by atoms with Gasteiger partial charge >= 0.3 is 0 Å². The number of rotatable bonds is 1. The standard InChI is InChI=1S/C15H9BrCl2N2/c1-8-7-9(5-6-12(8)17)15-19-13-10(14(18)20-15)3-2-4-11(13)16/h2-7H,1H3. The maximum absolute atomic E-state index is 6.26. The Bertz CT molecular complexity index is 818. The average molecular weight is 368 g/mol. The van der Waals surface area contributed by atoms with Crippen LogP contribution >= 0.6 is 39.1 Å². The van der Waals surface area contributed by atoms with Crippen molar-refractivity contribution >= 4 is 50.0 Å². The van der Waals surface area contributed by atoms with Crippen molar-refractivity contribution in [2.45, 2.75) is 6.92 Å². The molecule has 0 bridgehead atoms. The average Bonchev–Trinajstić information content (AvgIpc) is 2.43. The van der Waals surface area contributed by atoms with Crippen LogP contribution in [0.4, 0.5) is 0 Å². The lowest BCUT2D eigenvalue weighted by atomic mass is 10.1. The second kappa shape index (κ2) is 5.32. The summed E-state index contributed by atoms with van der Waals surface area (Å²) in [6.45, 7) is 1.95. The molecule has 0 radical (unpaired) electrons.